The van der Waals surface area contributed by atoms with Crippen molar-refractivity contribution in [1.82, 2.24) is 4.90 Å². The molecule has 0 aromatic carbocycles. The first-order valence-electron chi connectivity index (χ1n) is 7.06. The van der Waals surface area contributed by atoms with E-state index in [4.69, 9.17) is 0 Å². The van der Waals surface area contributed by atoms with Crippen molar-refractivity contribution < 1.29 is 9.90 Å². The molecule has 1 N–H and O–H groups in total. The van der Waals surface area contributed by atoms with Crippen LogP contribution >= 0.6 is 0 Å². The van der Waals surface area contributed by atoms with Crippen LogP contribution in [0.1, 0.15) is 58.8 Å². The molecule has 1 aliphatic carbocycles. The number of hydrogen-bond donors (Lipinski definition) is 1. The van der Waals surface area contributed by atoms with Gasteiger partial charge in [0.15, 0.2) is 0 Å². The first-order valence-corrected chi connectivity index (χ1v) is 7.06. The van der Waals surface area contributed by atoms with E-state index in [9.17, 15) is 9.90 Å². The second-order valence-corrected chi connectivity index (χ2v) is 6.01. The average Bonchev–Trinajstić information content (AvgIpc) is 2.73. The van der Waals surface area contributed by atoms with Crippen LogP contribution in [-0.2, 0) is 4.79 Å². The third-order valence-electron chi connectivity index (χ3n) is 4.98. The van der Waals surface area contributed by atoms with Gasteiger partial charge in [-0.05, 0) is 52.0 Å². The molecule has 0 radical (unpaired) electrons. The largest absolute Gasteiger partial charge is 0.480 e. The van der Waals surface area contributed by atoms with Crippen molar-refractivity contribution in [2.24, 2.45) is 5.92 Å². The van der Waals surface area contributed by atoms with Gasteiger partial charge in [-0.3, -0.25) is 9.69 Å². The molecule has 0 aromatic heterocycles. The summed E-state index contributed by atoms with van der Waals surface area (Å²) in [7, 11) is 0. The molecule has 0 aromatic rings. The lowest BCUT2D eigenvalue weighted by molar-refractivity contribution is -0.150. The molecule has 98 valence electrons. The molecular formula is C14H25NO2. The van der Waals surface area contributed by atoms with Crippen LogP contribution in [-0.4, -0.2) is 34.1 Å². The molecule has 0 amide bonds. The Kier molecular flexibility index (Phi) is 3.76. The Morgan fingerprint density at radius 2 is 1.94 bits per heavy atom. The molecule has 2 fully saturated rings. The minimum atomic E-state index is -0.641. The predicted octanol–water partition coefficient (Wildman–Crippen LogP) is 2.89. The average molecular weight is 239 g/mol. The van der Waals surface area contributed by atoms with Crippen LogP contribution in [0.5, 0.6) is 0 Å². The molecule has 1 saturated heterocycles. The van der Waals surface area contributed by atoms with E-state index < -0.39 is 11.5 Å². The fraction of sp³-hybridized carbons (Fsp3) is 0.929. The maximum Gasteiger partial charge on any atom is 0.323 e. The number of aliphatic carboxylic acids is 1. The van der Waals surface area contributed by atoms with E-state index in [-0.39, 0.29) is 0 Å². The molecule has 3 nitrogen and oxygen atoms in total. The minimum absolute atomic E-state index is 0.430. The Hall–Kier alpha value is -0.570. The van der Waals surface area contributed by atoms with Gasteiger partial charge >= 0.3 is 5.97 Å². The summed E-state index contributed by atoms with van der Waals surface area (Å²) in [6.07, 6.45) is 8.42. The molecule has 2 unspecified atom stereocenters. The summed E-state index contributed by atoms with van der Waals surface area (Å²) in [5, 5.41) is 9.45. The zero-order valence-electron chi connectivity index (χ0n) is 11.1. The van der Waals surface area contributed by atoms with Gasteiger partial charge in [0.1, 0.15) is 5.54 Å². The van der Waals surface area contributed by atoms with Crippen LogP contribution < -0.4 is 0 Å². The lowest BCUT2D eigenvalue weighted by Crippen LogP contribution is -2.53. The van der Waals surface area contributed by atoms with Crippen molar-refractivity contribution in [3.05, 3.63) is 0 Å². The predicted molar refractivity (Wildman–Crippen MR) is 68.0 cm³/mol. The van der Waals surface area contributed by atoms with Gasteiger partial charge in [0.25, 0.3) is 0 Å². The van der Waals surface area contributed by atoms with Gasteiger partial charge in [-0.25, -0.2) is 0 Å². The van der Waals surface area contributed by atoms with E-state index >= 15 is 0 Å². The topological polar surface area (TPSA) is 40.5 Å². The zero-order chi connectivity index (χ0) is 12.5. The van der Waals surface area contributed by atoms with Crippen molar-refractivity contribution in [2.45, 2.75) is 70.4 Å². The molecule has 0 bridgehead atoms. The Labute approximate surface area is 104 Å². The summed E-state index contributed by atoms with van der Waals surface area (Å²) >= 11 is 0. The first kappa shape index (κ1) is 12.9. The van der Waals surface area contributed by atoms with Gasteiger partial charge < -0.3 is 5.11 Å². The highest BCUT2D eigenvalue weighted by molar-refractivity contribution is 5.78. The van der Waals surface area contributed by atoms with Gasteiger partial charge in [-0.15, -0.1) is 0 Å². The van der Waals surface area contributed by atoms with E-state index in [1.54, 1.807) is 0 Å². The highest BCUT2D eigenvalue weighted by atomic mass is 16.4. The van der Waals surface area contributed by atoms with E-state index in [1.165, 1.54) is 32.1 Å². The van der Waals surface area contributed by atoms with Crippen LogP contribution in [0, 0.1) is 5.92 Å². The molecule has 0 spiro atoms. The smallest absolute Gasteiger partial charge is 0.323 e. The molecule has 1 saturated carbocycles. The van der Waals surface area contributed by atoms with Crippen molar-refractivity contribution in [3.63, 3.8) is 0 Å². The van der Waals surface area contributed by atoms with Crippen molar-refractivity contribution in [3.8, 4) is 0 Å². The van der Waals surface area contributed by atoms with Crippen molar-refractivity contribution in [2.75, 3.05) is 6.54 Å². The third-order valence-corrected chi connectivity index (χ3v) is 4.98. The zero-order valence-corrected chi connectivity index (χ0v) is 11.1. The van der Waals surface area contributed by atoms with Crippen molar-refractivity contribution in [1.29, 1.82) is 0 Å². The van der Waals surface area contributed by atoms with E-state index in [2.05, 4.69) is 11.8 Å². The summed E-state index contributed by atoms with van der Waals surface area (Å²) in [5.41, 5.74) is -0.614. The van der Waals surface area contributed by atoms with Crippen LogP contribution in [0.15, 0.2) is 0 Å². The number of carbonyl (C=O) groups is 1. The van der Waals surface area contributed by atoms with E-state index in [1.807, 2.05) is 6.92 Å². The lowest BCUT2D eigenvalue weighted by Gasteiger charge is -2.41. The number of likely N-dealkylation sites (tertiary alicyclic amines) is 1. The molecule has 1 heterocycles. The summed E-state index contributed by atoms with van der Waals surface area (Å²) in [5.74, 6) is 0.0678. The Morgan fingerprint density at radius 1 is 1.29 bits per heavy atom. The Bertz CT molecular complexity index is 286. The molecule has 2 rings (SSSR count). The van der Waals surface area contributed by atoms with Crippen molar-refractivity contribution >= 4 is 5.97 Å². The number of carboxylic acids is 1. The maximum atomic E-state index is 11.5. The molecular weight excluding hydrogens is 214 g/mol. The molecule has 2 atom stereocenters. The second-order valence-electron chi connectivity index (χ2n) is 6.01. The van der Waals surface area contributed by atoms with Gasteiger partial charge in [0.05, 0.1) is 0 Å². The SMILES string of the molecule is CC(C1CCCCC1)N1CCCC1(C)C(=O)O. The van der Waals surface area contributed by atoms with Gasteiger partial charge in [0, 0.05) is 6.04 Å². The summed E-state index contributed by atoms with van der Waals surface area (Å²) in [6.45, 7) is 5.10. The summed E-state index contributed by atoms with van der Waals surface area (Å²) in [4.78, 5) is 13.7. The van der Waals surface area contributed by atoms with E-state index in [0.717, 1.165) is 19.4 Å². The fourth-order valence-corrected chi connectivity index (χ4v) is 3.74. The van der Waals surface area contributed by atoms with Crippen LogP contribution in [0.4, 0.5) is 0 Å². The normalized spacial score (nSPS) is 33.8. The van der Waals surface area contributed by atoms with Gasteiger partial charge in [-0.2, -0.15) is 0 Å². The summed E-state index contributed by atoms with van der Waals surface area (Å²) in [6, 6.07) is 0.430. The number of hydrogen-bond acceptors (Lipinski definition) is 2. The number of rotatable bonds is 3. The number of nitrogens with zero attached hydrogens (tertiary/aromatic N) is 1. The van der Waals surface area contributed by atoms with Crippen LogP contribution in [0.2, 0.25) is 0 Å². The Balaban J connectivity index is 2.07. The first-order chi connectivity index (χ1) is 8.05. The third kappa shape index (κ3) is 2.35. The monoisotopic (exact) mass is 239 g/mol. The van der Waals surface area contributed by atoms with Gasteiger partial charge in [-0.1, -0.05) is 19.3 Å². The lowest BCUT2D eigenvalue weighted by atomic mass is 9.82. The summed E-state index contributed by atoms with van der Waals surface area (Å²) < 4.78 is 0. The van der Waals surface area contributed by atoms with Crippen LogP contribution in [0.25, 0.3) is 0 Å². The molecule has 3 heteroatoms. The Morgan fingerprint density at radius 3 is 2.53 bits per heavy atom. The van der Waals surface area contributed by atoms with E-state index in [0.29, 0.717) is 12.0 Å². The highest BCUT2D eigenvalue weighted by Gasteiger charge is 2.46. The molecule has 17 heavy (non-hydrogen) atoms. The highest BCUT2D eigenvalue weighted by Crippen LogP contribution is 2.37. The molecule has 2 aliphatic rings. The standard InChI is InChI=1S/C14H25NO2/c1-11(12-7-4-3-5-8-12)15-10-6-9-14(15,2)13(16)17/h11-12H,3-10H2,1-2H3,(H,16,17). The quantitative estimate of drug-likeness (QED) is 0.823. The fourth-order valence-electron chi connectivity index (χ4n) is 3.74. The maximum absolute atomic E-state index is 11.5. The number of carboxylic acid groups (broad SMARTS) is 1. The second kappa shape index (κ2) is 4.97. The van der Waals surface area contributed by atoms with Crippen LogP contribution in [0.3, 0.4) is 0 Å². The minimum Gasteiger partial charge on any atom is -0.480 e. The van der Waals surface area contributed by atoms with Gasteiger partial charge in [0.2, 0.25) is 0 Å². The molecule has 1 aliphatic heterocycles.